The molecule has 6 heteroatoms. The van der Waals surface area contributed by atoms with Crippen LogP contribution < -0.4 is 4.74 Å². The molecule has 3 aromatic rings. The minimum absolute atomic E-state index is 0.0299. The highest BCUT2D eigenvalue weighted by atomic mass is 16.6. The van der Waals surface area contributed by atoms with Crippen molar-refractivity contribution in [2.75, 3.05) is 7.11 Å². The number of hydrogen-bond acceptors (Lipinski definition) is 4. The average Bonchev–Trinajstić information content (AvgIpc) is 3.15. The number of rotatable bonds is 7. The Bertz CT molecular complexity index is 1240. The van der Waals surface area contributed by atoms with Crippen molar-refractivity contribution in [2.45, 2.75) is 53.1 Å². The summed E-state index contributed by atoms with van der Waals surface area (Å²) < 4.78 is 11.1. The fourth-order valence-electron chi connectivity index (χ4n) is 4.16. The van der Waals surface area contributed by atoms with Crippen LogP contribution in [0.4, 0.5) is 0 Å². The van der Waals surface area contributed by atoms with Gasteiger partial charge in [-0.3, -0.25) is 0 Å². The summed E-state index contributed by atoms with van der Waals surface area (Å²) >= 11 is 0. The van der Waals surface area contributed by atoms with Gasteiger partial charge in [0, 0.05) is 34.2 Å². The highest BCUT2D eigenvalue weighted by Crippen LogP contribution is 2.41. The Kier molecular flexibility index (Phi) is 7.20. The highest BCUT2D eigenvalue weighted by molar-refractivity contribution is 5.94. The molecule has 0 bridgehead atoms. The Hall–Kier alpha value is -3.54. The van der Waals surface area contributed by atoms with E-state index in [1.165, 1.54) is 0 Å². The van der Waals surface area contributed by atoms with Crippen LogP contribution in [0.25, 0.3) is 17.0 Å². The second-order valence-corrected chi connectivity index (χ2v) is 9.86. The van der Waals surface area contributed by atoms with Crippen molar-refractivity contribution in [1.29, 1.82) is 0 Å². The van der Waals surface area contributed by atoms with E-state index in [0.717, 1.165) is 27.6 Å². The molecule has 0 radical (unpaired) electrons. The minimum Gasteiger partial charge on any atom is -0.496 e. The molecule has 1 heterocycles. The molecule has 0 aliphatic heterocycles. The highest BCUT2D eigenvalue weighted by Gasteiger charge is 2.25. The van der Waals surface area contributed by atoms with E-state index < -0.39 is 11.6 Å². The molecule has 2 aromatic carbocycles. The summed E-state index contributed by atoms with van der Waals surface area (Å²) in [5.74, 6) is -0.603. The maximum Gasteiger partial charge on any atom is 0.335 e. The topological polar surface area (TPSA) is 88.6 Å². The monoisotopic (exact) mass is 463 g/mol. The number of esters is 1. The first-order chi connectivity index (χ1) is 15.9. The molecule has 0 aliphatic rings. The largest absolute Gasteiger partial charge is 0.496 e. The number of H-pyrrole nitrogens is 1. The van der Waals surface area contributed by atoms with Gasteiger partial charge >= 0.3 is 11.9 Å². The van der Waals surface area contributed by atoms with Gasteiger partial charge in [-0.15, -0.1) is 0 Å². The summed E-state index contributed by atoms with van der Waals surface area (Å²) in [6, 6.07) is 11.0. The van der Waals surface area contributed by atoms with Crippen LogP contribution in [0.2, 0.25) is 0 Å². The molecule has 0 saturated heterocycles. The molecule has 0 aliphatic carbocycles. The Balaban J connectivity index is 2.07. The van der Waals surface area contributed by atoms with Gasteiger partial charge in [-0.1, -0.05) is 26.0 Å². The lowest BCUT2D eigenvalue weighted by atomic mass is 9.81. The number of benzene rings is 2. The summed E-state index contributed by atoms with van der Waals surface area (Å²) in [5.41, 5.74) is 4.04. The van der Waals surface area contributed by atoms with Gasteiger partial charge in [-0.2, -0.15) is 0 Å². The zero-order chi connectivity index (χ0) is 25.2. The van der Waals surface area contributed by atoms with Gasteiger partial charge in [-0.05, 0) is 75.1 Å². The first kappa shape index (κ1) is 25.1. The van der Waals surface area contributed by atoms with E-state index in [4.69, 9.17) is 9.47 Å². The van der Waals surface area contributed by atoms with Crippen LogP contribution in [0.15, 0.2) is 48.2 Å². The average molecular weight is 464 g/mol. The molecule has 1 unspecified atom stereocenters. The lowest BCUT2D eigenvalue weighted by Crippen LogP contribution is -2.24. The molecule has 0 saturated carbocycles. The summed E-state index contributed by atoms with van der Waals surface area (Å²) in [4.78, 5) is 27.2. The van der Waals surface area contributed by atoms with Crippen LogP contribution >= 0.6 is 0 Å². The Labute approximate surface area is 200 Å². The van der Waals surface area contributed by atoms with Crippen molar-refractivity contribution in [3.05, 3.63) is 70.4 Å². The van der Waals surface area contributed by atoms with Gasteiger partial charge in [-0.25, -0.2) is 9.59 Å². The standard InChI is InChI=1S/C28H33NO5/c1-16(2)25(20-10-9-19(26(30)31)14-24(20)33-7)22-15-29-23-11-8-18(13-21(22)23)12-17(3)27(32)34-28(4,5)6/h8-16,25,29H,1-7H3,(H,30,31)/b17-12+. The van der Waals surface area contributed by atoms with Gasteiger partial charge in [0.1, 0.15) is 11.4 Å². The molecular weight excluding hydrogens is 430 g/mol. The third-order valence-electron chi connectivity index (χ3n) is 5.66. The van der Waals surface area contributed by atoms with E-state index in [1.54, 1.807) is 26.2 Å². The van der Waals surface area contributed by atoms with Gasteiger partial charge in [0.15, 0.2) is 0 Å². The third kappa shape index (κ3) is 5.50. The van der Waals surface area contributed by atoms with E-state index in [9.17, 15) is 14.7 Å². The second kappa shape index (κ2) is 9.75. The Morgan fingerprint density at radius 2 is 1.76 bits per heavy atom. The van der Waals surface area contributed by atoms with E-state index in [1.807, 2.05) is 51.2 Å². The fourth-order valence-corrected chi connectivity index (χ4v) is 4.16. The van der Waals surface area contributed by atoms with Gasteiger partial charge < -0.3 is 19.6 Å². The van der Waals surface area contributed by atoms with Crippen LogP contribution in [-0.4, -0.2) is 34.7 Å². The predicted molar refractivity (Wildman–Crippen MR) is 134 cm³/mol. The number of aromatic nitrogens is 1. The lowest BCUT2D eigenvalue weighted by Gasteiger charge is -2.24. The summed E-state index contributed by atoms with van der Waals surface area (Å²) in [7, 11) is 1.55. The number of aromatic carboxylic acids is 1. The molecular formula is C28H33NO5. The van der Waals surface area contributed by atoms with Crippen molar-refractivity contribution in [3.8, 4) is 5.75 Å². The number of carbonyl (C=O) groups excluding carboxylic acids is 1. The maximum atomic E-state index is 12.4. The molecule has 0 spiro atoms. The smallest absolute Gasteiger partial charge is 0.335 e. The van der Waals surface area contributed by atoms with Crippen LogP contribution in [0.3, 0.4) is 0 Å². The zero-order valence-corrected chi connectivity index (χ0v) is 20.9. The number of fused-ring (bicyclic) bond motifs is 1. The van der Waals surface area contributed by atoms with E-state index in [2.05, 4.69) is 24.9 Å². The lowest BCUT2D eigenvalue weighted by molar-refractivity contribution is -0.149. The molecule has 3 rings (SSSR count). The van der Waals surface area contributed by atoms with Gasteiger partial charge in [0.05, 0.1) is 12.7 Å². The third-order valence-corrected chi connectivity index (χ3v) is 5.66. The SMILES string of the molecule is COc1cc(C(=O)O)ccc1C(c1c[nH]c2ccc(/C=C(\C)C(=O)OC(C)(C)C)cc12)C(C)C. The molecule has 1 aromatic heterocycles. The molecule has 1 atom stereocenters. The van der Waals surface area contributed by atoms with Gasteiger partial charge in [0.2, 0.25) is 0 Å². The number of carboxylic acid groups (broad SMARTS) is 1. The van der Waals surface area contributed by atoms with Crippen molar-refractivity contribution in [2.24, 2.45) is 5.92 Å². The molecule has 6 nitrogen and oxygen atoms in total. The van der Waals surface area contributed by atoms with Crippen LogP contribution in [0.5, 0.6) is 5.75 Å². The zero-order valence-electron chi connectivity index (χ0n) is 20.9. The molecule has 0 fully saturated rings. The maximum absolute atomic E-state index is 12.4. The molecule has 34 heavy (non-hydrogen) atoms. The summed E-state index contributed by atoms with van der Waals surface area (Å²) in [6.07, 6.45) is 3.82. The number of ether oxygens (including phenoxy) is 2. The molecule has 0 amide bonds. The Morgan fingerprint density at radius 3 is 2.35 bits per heavy atom. The number of methoxy groups -OCH3 is 1. The number of aromatic amines is 1. The van der Waals surface area contributed by atoms with E-state index in [-0.39, 0.29) is 23.4 Å². The second-order valence-electron chi connectivity index (χ2n) is 9.86. The van der Waals surface area contributed by atoms with E-state index in [0.29, 0.717) is 11.3 Å². The first-order valence-corrected chi connectivity index (χ1v) is 11.3. The van der Waals surface area contributed by atoms with Crippen LogP contribution in [0, 0.1) is 5.92 Å². The normalized spacial score (nSPS) is 13.2. The molecule has 2 N–H and O–H groups in total. The Morgan fingerprint density at radius 1 is 1.06 bits per heavy atom. The number of carbonyl (C=O) groups is 2. The van der Waals surface area contributed by atoms with E-state index >= 15 is 0 Å². The number of hydrogen-bond donors (Lipinski definition) is 2. The van der Waals surface area contributed by atoms with Crippen LogP contribution in [0.1, 0.15) is 74.5 Å². The van der Waals surface area contributed by atoms with Crippen molar-refractivity contribution in [3.63, 3.8) is 0 Å². The summed E-state index contributed by atoms with van der Waals surface area (Å²) in [5, 5.41) is 10.4. The number of carboxylic acids is 1. The number of nitrogens with one attached hydrogen (secondary N) is 1. The first-order valence-electron chi connectivity index (χ1n) is 11.3. The molecule has 180 valence electrons. The summed E-state index contributed by atoms with van der Waals surface area (Å²) in [6.45, 7) is 11.6. The van der Waals surface area contributed by atoms with Crippen LogP contribution in [-0.2, 0) is 9.53 Å². The van der Waals surface area contributed by atoms with Crippen molar-refractivity contribution >= 4 is 28.9 Å². The van der Waals surface area contributed by atoms with Gasteiger partial charge in [0.25, 0.3) is 0 Å². The quantitative estimate of drug-likeness (QED) is 0.312. The predicted octanol–water partition coefficient (Wildman–Crippen LogP) is 6.41. The van der Waals surface area contributed by atoms with Crippen molar-refractivity contribution in [1.82, 2.24) is 4.98 Å². The minimum atomic E-state index is -0.991. The fraction of sp³-hybridized carbons (Fsp3) is 0.357. The van der Waals surface area contributed by atoms with Crippen molar-refractivity contribution < 1.29 is 24.2 Å².